The fourth-order valence-corrected chi connectivity index (χ4v) is 4.04. The van der Waals surface area contributed by atoms with Gasteiger partial charge in [0.25, 0.3) is 0 Å². The number of aliphatic hydroxyl groups excluding tert-OH is 1. The minimum Gasteiger partial charge on any atom is -0.387 e. The molecule has 1 unspecified atom stereocenters. The van der Waals surface area contributed by atoms with Gasteiger partial charge in [0.2, 0.25) is 0 Å². The standard InChI is InChI=1S/C16H24FN3O3S.HI/c1-16(2)11-20(7-8-24(16,22)23)15(18-3)19-10-14(21)12-5-4-6-13(17)9-12;/h4-6,9,14,21H,7-8,10-11H2,1-3H3,(H,18,19);1H. The van der Waals surface area contributed by atoms with E-state index in [1.54, 1.807) is 33.0 Å². The number of guanidine groups is 1. The minimum absolute atomic E-state index is 0. The summed E-state index contributed by atoms with van der Waals surface area (Å²) in [5.41, 5.74) is 0.472. The van der Waals surface area contributed by atoms with Gasteiger partial charge in [-0.3, -0.25) is 4.99 Å². The molecule has 0 radical (unpaired) electrons. The zero-order valence-corrected chi connectivity index (χ0v) is 17.7. The molecule has 1 aliphatic heterocycles. The van der Waals surface area contributed by atoms with E-state index in [1.165, 1.54) is 12.1 Å². The molecule has 2 N–H and O–H groups in total. The lowest BCUT2D eigenvalue weighted by Gasteiger charge is -2.39. The Morgan fingerprint density at radius 2 is 2.16 bits per heavy atom. The van der Waals surface area contributed by atoms with E-state index >= 15 is 0 Å². The number of nitrogens with one attached hydrogen (secondary N) is 1. The number of halogens is 2. The zero-order valence-electron chi connectivity index (χ0n) is 14.6. The summed E-state index contributed by atoms with van der Waals surface area (Å²) in [6.07, 6.45) is -0.890. The van der Waals surface area contributed by atoms with Gasteiger partial charge >= 0.3 is 0 Å². The van der Waals surface area contributed by atoms with Crippen LogP contribution in [0.15, 0.2) is 29.3 Å². The molecule has 142 valence electrons. The predicted molar refractivity (Wildman–Crippen MR) is 108 cm³/mol. The second-order valence-corrected chi connectivity index (χ2v) is 9.24. The van der Waals surface area contributed by atoms with Gasteiger partial charge < -0.3 is 15.3 Å². The lowest BCUT2D eigenvalue weighted by atomic mass is 10.1. The number of benzene rings is 1. The van der Waals surface area contributed by atoms with Gasteiger partial charge in [-0.25, -0.2) is 12.8 Å². The number of aliphatic imine (C=N–C) groups is 1. The Morgan fingerprint density at radius 1 is 1.48 bits per heavy atom. The summed E-state index contributed by atoms with van der Waals surface area (Å²) in [5.74, 6) is 0.181. The van der Waals surface area contributed by atoms with Crippen LogP contribution in [-0.2, 0) is 9.84 Å². The van der Waals surface area contributed by atoms with Crippen LogP contribution >= 0.6 is 24.0 Å². The van der Waals surface area contributed by atoms with E-state index in [-0.39, 0.29) is 36.3 Å². The number of rotatable bonds is 3. The molecule has 0 aromatic heterocycles. The molecule has 1 aliphatic rings. The van der Waals surface area contributed by atoms with Crippen molar-refractivity contribution >= 4 is 39.8 Å². The maximum atomic E-state index is 13.2. The molecule has 0 spiro atoms. The van der Waals surface area contributed by atoms with E-state index in [0.717, 1.165) is 0 Å². The first-order chi connectivity index (χ1) is 11.2. The first kappa shape index (κ1) is 22.1. The van der Waals surface area contributed by atoms with Crippen LogP contribution in [0.2, 0.25) is 0 Å². The number of sulfone groups is 1. The average Bonchev–Trinajstić information content (AvgIpc) is 2.51. The van der Waals surface area contributed by atoms with Crippen LogP contribution < -0.4 is 5.32 Å². The molecule has 9 heteroatoms. The molecule has 1 heterocycles. The van der Waals surface area contributed by atoms with Gasteiger partial charge in [-0.2, -0.15) is 0 Å². The van der Waals surface area contributed by atoms with Crippen molar-refractivity contribution < 1.29 is 17.9 Å². The molecule has 0 aliphatic carbocycles. The monoisotopic (exact) mass is 485 g/mol. The fourth-order valence-electron chi connectivity index (χ4n) is 2.68. The average molecular weight is 485 g/mol. The normalized spacial score (nSPS) is 20.5. The van der Waals surface area contributed by atoms with Crippen molar-refractivity contribution in [2.45, 2.75) is 24.7 Å². The molecule has 1 atom stereocenters. The first-order valence-electron chi connectivity index (χ1n) is 7.78. The van der Waals surface area contributed by atoms with Gasteiger partial charge in [0, 0.05) is 26.7 Å². The third-order valence-corrected chi connectivity index (χ3v) is 6.77. The molecule has 1 saturated heterocycles. The molecule has 1 fully saturated rings. The Balaban J connectivity index is 0.00000312. The number of aliphatic hydroxyl groups is 1. The van der Waals surface area contributed by atoms with Crippen molar-refractivity contribution in [2.75, 3.05) is 32.4 Å². The Kier molecular flexibility index (Phi) is 7.63. The SMILES string of the molecule is CN=C(NCC(O)c1cccc(F)c1)N1CCS(=O)(=O)C(C)(C)C1.I. The third kappa shape index (κ3) is 5.27. The summed E-state index contributed by atoms with van der Waals surface area (Å²) in [4.78, 5) is 6.02. The van der Waals surface area contributed by atoms with Crippen LogP contribution in [0.25, 0.3) is 0 Å². The Hall–Kier alpha value is -0.940. The summed E-state index contributed by atoms with van der Waals surface area (Å²) in [6.45, 7) is 4.22. The highest BCUT2D eigenvalue weighted by atomic mass is 127. The van der Waals surface area contributed by atoms with E-state index in [0.29, 0.717) is 24.6 Å². The van der Waals surface area contributed by atoms with E-state index in [1.807, 2.05) is 4.90 Å². The molecule has 0 saturated carbocycles. The predicted octanol–water partition coefficient (Wildman–Crippen LogP) is 1.56. The minimum atomic E-state index is -3.13. The van der Waals surface area contributed by atoms with Gasteiger partial charge in [0.15, 0.2) is 15.8 Å². The third-order valence-electron chi connectivity index (χ3n) is 4.24. The van der Waals surface area contributed by atoms with Crippen molar-refractivity contribution in [2.24, 2.45) is 4.99 Å². The summed E-state index contributed by atoms with van der Waals surface area (Å²) < 4.78 is 36.5. The smallest absolute Gasteiger partial charge is 0.193 e. The van der Waals surface area contributed by atoms with E-state index in [2.05, 4.69) is 10.3 Å². The lowest BCUT2D eigenvalue weighted by Crippen LogP contribution is -2.57. The quantitative estimate of drug-likeness (QED) is 0.386. The van der Waals surface area contributed by atoms with Crippen molar-refractivity contribution in [1.29, 1.82) is 0 Å². The first-order valence-corrected chi connectivity index (χ1v) is 9.43. The van der Waals surface area contributed by atoms with Crippen LogP contribution in [0, 0.1) is 5.82 Å². The Labute approximate surface area is 165 Å². The van der Waals surface area contributed by atoms with E-state index in [9.17, 15) is 17.9 Å². The topological polar surface area (TPSA) is 82.0 Å². The lowest BCUT2D eigenvalue weighted by molar-refractivity contribution is 0.178. The number of hydrogen-bond acceptors (Lipinski definition) is 4. The zero-order chi connectivity index (χ0) is 18.0. The molecule has 1 aromatic carbocycles. The van der Waals surface area contributed by atoms with Crippen LogP contribution in [0.1, 0.15) is 25.5 Å². The Bertz CT molecular complexity index is 725. The highest BCUT2D eigenvalue weighted by Crippen LogP contribution is 2.23. The van der Waals surface area contributed by atoms with Crippen LogP contribution in [-0.4, -0.2) is 61.6 Å². The molecule has 0 amide bonds. The fraction of sp³-hybridized carbons (Fsp3) is 0.562. The van der Waals surface area contributed by atoms with Crippen molar-refractivity contribution in [3.63, 3.8) is 0 Å². The van der Waals surface area contributed by atoms with Gasteiger partial charge in [-0.1, -0.05) is 12.1 Å². The molecule has 1 aromatic rings. The largest absolute Gasteiger partial charge is 0.387 e. The van der Waals surface area contributed by atoms with Crippen LogP contribution in [0.5, 0.6) is 0 Å². The van der Waals surface area contributed by atoms with Crippen LogP contribution in [0.3, 0.4) is 0 Å². The molecule has 6 nitrogen and oxygen atoms in total. The molecular formula is C16H25FIN3O3S. The van der Waals surface area contributed by atoms with Gasteiger partial charge in [-0.05, 0) is 31.5 Å². The summed E-state index contributed by atoms with van der Waals surface area (Å²) in [5, 5.41) is 13.2. The molecule has 0 bridgehead atoms. The summed E-state index contributed by atoms with van der Waals surface area (Å²) in [7, 11) is -1.53. The highest BCUT2D eigenvalue weighted by molar-refractivity contribution is 14.0. The molecule has 25 heavy (non-hydrogen) atoms. The van der Waals surface area contributed by atoms with Crippen molar-refractivity contribution in [3.8, 4) is 0 Å². The van der Waals surface area contributed by atoms with Crippen molar-refractivity contribution in [1.82, 2.24) is 10.2 Å². The van der Waals surface area contributed by atoms with Crippen molar-refractivity contribution in [3.05, 3.63) is 35.6 Å². The second-order valence-electron chi connectivity index (χ2n) is 6.50. The molecule has 2 rings (SSSR count). The number of hydrogen-bond donors (Lipinski definition) is 2. The highest BCUT2D eigenvalue weighted by Gasteiger charge is 2.40. The molecular weight excluding hydrogens is 460 g/mol. The second kappa shape index (κ2) is 8.63. The van der Waals surface area contributed by atoms with E-state index in [4.69, 9.17) is 0 Å². The van der Waals surface area contributed by atoms with Crippen LogP contribution in [0.4, 0.5) is 4.39 Å². The van der Waals surface area contributed by atoms with Gasteiger partial charge in [-0.15, -0.1) is 24.0 Å². The van der Waals surface area contributed by atoms with E-state index < -0.39 is 26.5 Å². The van der Waals surface area contributed by atoms with Gasteiger partial charge in [0.05, 0.1) is 16.6 Å². The summed E-state index contributed by atoms with van der Waals surface area (Å²) >= 11 is 0. The number of nitrogens with zero attached hydrogens (tertiary/aromatic N) is 2. The van der Waals surface area contributed by atoms with Gasteiger partial charge in [0.1, 0.15) is 5.82 Å². The summed E-state index contributed by atoms with van der Waals surface area (Å²) in [6, 6.07) is 5.79. The Morgan fingerprint density at radius 3 is 2.72 bits per heavy atom. The maximum Gasteiger partial charge on any atom is 0.193 e. The maximum absolute atomic E-state index is 13.2.